The molecule has 1 rings (SSSR count). The molecule has 0 unspecified atom stereocenters. The maximum atomic E-state index is 9.35. The number of hydrogen-bond acceptors (Lipinski definition) is 3. The minimum absolute atomic E-state index is 0.0718. The van der Waals surface area contributed by atoms with Crippen LogP contribution < -0.4 is 4.74 Å². The van der Waals surface area contributed by atoms with Gasteiger partial charge in [0.15, 0.2) is 11.5 Å². The quantitative estimate of drug-likeness (QED) is 0.699. The van der Waals surface area contributed by atoms with Crippen molar-refractivity contribution in [1.29, 1.82) is 5.26 Å². The van der Waals surface area contributed by atoms with Crippen LogP contribution in [0.5, 0.6) is 11.5 Å². The third-order valence-corrected chi connectivity index (χ3v) is 1.55. The fourth-order valence-corrected chi connectivity index (χ4v) is 0.944. The first-order valence-corrected chi connectivity index (χ1v) is 3.71. The molecule has 0 atom stereocenters. The van der Waals surface area contributed by atoms with Crippen molar-refractivity contribution in [2.75, 3.05) is 7.11 Å². The summed E-state index contributed by atoms with van der Waals surface area (Å²) in [6.45, 7) is 0. The van der Waals surface area contributed by atoms with Crippen LogP contribution in [0, 0.1) is 11.3 Å². The van der Waals surface area contributed by atoms with Gasteiger partial charge in [0.05, 0.1) is 13.2 Å². The van der Waals surface area contributed by atoms with Crippen LogP contribution in [-0.4, -0.2) is 12.2 Å². The molecule has 0 amide bonds. The summed E-state index contributed by atoms with van der Waals surface area (Å²) in [6.07, 6.45) is 2.96. The van der Waals surface area contributed by atoms with E-state index in [-0.39, 0.29) is 5.75 Å². The van der Waals surface area contributed by atoms with E-state index in [4.69, 9.17) is 10.00 Å². The van der Waals surface area contributed by atoms with Gasteiger partial charge in [-0.1, -0.05) is 6.07 Å². The summed E-state index contributed by atoms with van der Waals surface area (Å²) in [5.41, 5.74) is 0.764. The number of phenolic OH excluding ortho intramolecular Hbond substituents is 1. The van der Waals surface area contributed by atoms with E-state index in [0.717, 1.165) is 5.56 Å². The van der Waals surface area contributed by atoms with Crippen molar-refractivity contribution >= 4 is 6.08 Å². The minimum Gasteiger partial charge on any atom is -0.504 e. The van der Waals surface area contributed by atoms with Gasteiger partial charge in [0.1, 0.15) is 0 Å². The van der Waals surface area contributed by atoms with Crippen molar-refractivity contribution in [2.45, 2.75) is 0 Å². The zero-order valence-corrected chi connectivity index (χ0v) is 7.19. The Hall–Kier alpha value is -1.95. The molecule has 66 valence electrons. The molecule has 0 saturated heterocycles. The molecule has 0 aromatic heterocycles. The van der Waals surface area contributed by atoms with E-state index in [1.54, 1.807) is 18.2 Å². The normalized spacial score (nSPS) is 9.85. The summed E-state index contributed by atoms with van der Waals surface area (Å²) in [4.78, 5) is 0. The first kappa shape index (κ1) is 9.14. The van der Waals surface area contributed by atoms with E-state index in [9.17, 15) is 5.11 Å². The zero-order chi connectivity index (χ0) is 9.68. The van der Waals surface area contributed by atoms with Crippen LogP contribution in [0.25, 0.3) is 6.08 Å². The molecule has 0 aliphatic heterocycles. The van der Waals surface area contributed by atoms with E-state index < -0.39 is 0 Å². The lowest BCUT2D eigenvalue weighted by atomic mass is 10.2. The summed E-state index contributed by atoms with van der Waals surface area (Å²) < 4.78 is 4.87. The highest BCUT2D eigenvalue weighted by atomic mass is 16.5. The van der Waals surface area contributed by atoms with Crippen LogP contribution in [0.1, 0.15) is 5.56 Å². The van der Waals surface area contributed by atoms with Gasteiger partial charge >= 0.3 is 0 Å². The molecule has 3 nitrogen and oxygen atoms in total. The van der Waals surface area contributed by atoms with Gasteiger partial charge in [-0.3, -0.25) is 0 Å². The smallest absolute Gasteiger partial charge is 0.160 e. The summed E-state index contributed by atoms with van der Waals surface area (Å²) in [5, 5.41) is 17.6. The molecule has 0 aliphatic carbocycles. The first-order valence-electron chi connectivity index (χ1n) is 3.71. The number of rotatable bonds is 2. The van der Waals surface area contributed by atoms with Gasteiger partial charge in [-0.15, -0.1) is 0 Å². The van der Waals surface area contributed by atoms with Crippen LogP contribution in [-0.2, 0) is 0 Å². The van der Waals surface area contributed by atoms with Gasteiger partial charge in [0.2, 0.25) is 0 Å². The van der Waals surface area contributed by atoms with E-state index in [1.165, 1.54) is 19.3 Å². The Morgan fingerprint density at radius 3 is 2.85 bits per heavy atom. The number of methoxy groups -OCH3 is 1. The largest absolute Gasteiger partial charge is 0.504 e. The Labute approximate surface area is 76.5 Å². The Bertz CT molecular complexity index is 364. The second kappa shape index (κ2) is 4.17. The van der Waals surface area contributed by atoms with Crippen molar-refractivity contribution < 1.29 is 9.84 Å². The Morgan fingerprint density at radius 1 is 1.54 bits per heavy atom. The highest BCUT2D eigenvalue weighted by molar-refractivity contribution is 5.56. The van der Waals surface area contributed by atoms with Crippen LogP contribution in [0.2, 0.25) is 0 Å². The molecule has 0 heterocycles. The molecule has 0 spiro atoms. The molecule has 13 heavy (non-hydrogen) atoms. The van der Waals surface area contributed by atoms with Crippen molar-refractivity contribution in [3.63, 3.8) is 0 Å². The van der Waals surface area contributed by atoms with Gasteiger partial charge in [-0.2, -0.15) is 5.26 Å². The molecular formula is C10H9NO2. The highest BCUT2D eigenvalue weighted by Gasteiger charge is 1.99. The third-order valence-electron chi connectivity index (χ3n) is 1.55. The average Bonchev–Trinajstić information content (AvgIpc) is 2.15. The maximum absolute atomic E-state index is 9.35. The number of nitriles is 1. The van der Waals surface area contributed by atoms with Crippen LogP contribution in [0.3, 0.4) is 0 Å². The molecule has 0 bridgehead atoms. The van der Waals surface area contributed by atoms with E-state index in [0.29, 0.717) is 5.75 Å². The lowest BCUT2D eigenvalue weighted by Crippen LogP contribution is -1.83. The molecule has 3 heteroatoms. The molecule has 1 aromatic rings. The number of aromatic hydroxyl groups is 1. The van der Waals surface area contributed by atoms with Crippen LogP contribution >= 0.6 is 0 Å². The van der Waals surface area contributed by atoms with Crippen molar-refractivity contribution in [1.82, 2.24) is 0 Å². The molecular weight excluding hydrogens is 166 g/mol. The fraction of sp³-hybridized carbons (Fsp3) is 0.100. The topological polar surface area (TPSA) is 53.2 Å². The van der Waals surface area contributed by atoms with Gasteiger partial charge in [-0.05, 0) is 23.8 Å². The van der Waals surface area contributed by atoms with E-state index in [2.05, 4.69) is 0 Å². The van der Waals surface area contributed by atoms with Gasteiger partial charge in [0, 0.05) is 6.08 Å². The maximum Gasteiger partial charge on any atom is 0.160 e. The van der Waals surface area contributed by atoms with Crippen LogP contribution in [0.15, 0.2) is 24.3 Å². The predicted octanol–water partition coefficient (Wildman–Crippen LogP) is 1.94. The standard InChI is InChI=1S/C10H9NO2/c1-13-10-5-4-8(3-2-6-11)7-9(10)12/h2-5,7,12H,1H3. The molecule has 1 N–H and O–H groups in total. The lowest BCUT2D eigenvalue weighted by molar-refractivity contribution is 0.373. The Kier molecular flexibility index (Phi) is 2.93. The van der Waals surface area contributed by atoms with E-state index >= 15 is 0 Å². The van der Waals surface area contributed by atoms with Crippen LogP contribution in [0.4, 0.5) is 0 Å². The highest BCUT2D eigenvalue weighted by Crippen LogP contribution is 2.26. The van der Waals surface area contributed by atoms with Crippen molar-refractivity contribution in [2.24, 2.45) is 0 Å². The third kappa shape index (κ3) is 2.24. The summed E-state index contributed by atoms with van der Waals surface area (Å²) >= 11 is 0. The monoisotopic (exact) mass is 175 g/mol. The number of allylic oxidation sites excluding steroid dienone is 1. The second-order valence-electron chi connectivity index (χ2n) is 2.39. The molecule has 0 saturated carbocycles. The van der Waals surface area contributed by atoms with E-state index in [1.807, 2.05) is 6.07 Å². The fourth-order valence-electron chi connectivity index (χ4n) is 0.944. The number of benzene rings is 1. The Morgan fingerprint density at radius 2 is 2.31 bits per heavy atom. The summed E-state index contributed by atoms with van der Waals surface area (Å²) in [6, 6.07) is 6.81. The van der Waals surface area contributed by atoms with Crippen molar-refractivity contribution in [3.05, 3.63) is 29.8 Å². The summed E-state index contributed by atoms with van der Waals surface area (Å²) in [7, 11) is 1.49. The SMILES string of the molecule is COc1ccc(C=CC#N)cc1O. The Balaban J connectivity index is 2.97. The minimum atomic E-state index is 0.0718. The predicted molar refractivity (Wildman–Crippen MR) is 49.3 cm³/mol. The summed E-state index contributed by atoms with van der Waals surface area (Å²) in [5.74, 6) is 0.497. The van der Waals surface area contributed by atoms with Gasteiger partial charge in [-0.25, -0.2) is 0 Å². The molecule has 1 aromatic carbocycles. The first-order chi connectivity index (χ1) is 6.27. The van der Waals surface area contributed by atoms with Gasteiger partial charge < -0.3 is 9.84 Å². The molecule has 0 aliphatic rings. The molecule has 0 radical (unpaired) electrons. The number of hydrogen-bond donors (Lipinski definition) is 1. The number of nitrogens with zero attached hydrogens (tertiary/aromatic N) is 1. The van der Waals surface area contributed by atoms with Crippen molar-refractivity contribution in [3.8, 4) is 17.6 Å². The zero-order valence-electron chi connectivity index (χ0n) is 7.19. The lowest BCUT2D eigenvalue weighted by Gasteiger charge is -2.02. The average molecular weight is 175 g/mol. The van der Waals surface area contributed by atoms with Gasteiger partial charge in [0.25, 0.3) is 0 Å². The molecule has 0 fully saturated rings. The number of phenols is 1. The second-order valence-corrected chi connectivity index (χ2v) is 2.39. The number of ether oxygens (including phenoxy) is 1.